The first-order chi connectivity index (χ1) is 8.13. The lowest BCUT2D eigenvalue weighted by Crippen LogP contribution is -2.21. The molecule has 0 radical (unpaired) electrons. The number of nitrogens with one attached hydrogen (secondary N) is 1. The van der Waals surface area contributed by atoms with Gasteiger partial charge in [-0.2, -0.15) is 5.10 Å². The minimum Gasteiger partial charge on any atom is -0.308 e. The molecule has 0 aliphatic rings. The average Bonchev–Trinajstić information content (AvgIpc) is 2.69. The molecule has 0 saturated heterocycles. The largest absolute Gasteiger partial charge is 0.308 e. The molecule has 1 heterocycles. The number of nitrogens with zero attached hydrogens (tertiary/aromatic N) is 2. The van der Waals surface area contributed by atoms with Crippen molar-refractivity contribution in [3.63, 3.8) is 0 Å². The van der Waals surface area contributed by atoms with Gasteiger partial charge in [0.05, 0.1) is 11.7 Å². The summed E-state index contributed by atoms with van der Waals surface area (Å²) < 4.78 is 1.86. The smallest absolute Gasteiger partial charge is 0.0760 e. The van der Waals surface area contributed by atoms with Gasteiger partial charge >= 0.3 is 0 Å². The van der Waals surface area contributed by atoms with Gasteiger partial charge in [-0.15, -0.1) is 0 Å². The summed E-state index contributed by atoms with van der Waals surface area (Å²) in [6.45, 7) is 2.04. The van der Waals surface area contributed by atoms with Crippen LogP contribution in [0.1, 0.15) is 22.9 Å². The van der Waals surface area contributed by atoms with Crippen molar-refractivity contribution in [2.45, 2.75) is 13.0 Å². The summed E-state index contributed by atoms with van der Waals surface area (Å²) in [5.41, 5.74) is 3.33. The standard InChI is InChI=1S/C13H16ClN3/c1-9-4-5-10(11(14)8-9)13(15-2)12-6-7-16-17(12)3/h4-8,13,15H,1-3H3. The summed E-state index contributed by atoms with van der Waals surface area (Å²) in [7, 11) is 3.86. The fourth-order valence-corrected chi connectivity index (χ4v) is 2.34. The maximum atomic E-state index is 6.30. The second-order valence-electron chi connectivity index (χ2n) is 4.13. The highest BCUT2D eigenvalue weighted by Crippen LogP contribution is 2.28. The Balaban J connectivity index is 2.46. The van der Waals surface area contributed by atoms with Gasteiger partial charge in [0.15, 0.2) is 0 Å². The molecule has 3 nitrogen and oxygen atoms in total. The molecule has 1 N–H and O–H groups in total. The molecule has 0 saturated carbocycles. The van der Waals surface area contributed by atoms with Crippen LogP contribution in [0.25, 0.3) is 0 Å². The summed E-state index contributed by atoms with van der Waals surface area (Å²) >= 11 is 6.30. The molecule has 17 heavy (non-hydrogen) atoms. The average molecular weight is 250 g/mol. The fourth-order valence-electron chi connectivity index (χ4n) is 2.00. The minimum absolute atomic E-state index is 0.0654. The summed E-state index contributed by atoms with van der Waals surface area (Å²) in [5, 5.41) is 8.25. The van der Waals surface area contributed by atoms with E-state index in [0.717, 1.165) is 16.3 Å². The molecule has 90 valence electrons. The van der Waals surface area contributed by atoms with E-state index in [-0.39, 0.29) is 6.04 Å². The van der Waals surface area contributed by atoms with Gasteiger partial charge < -0.3 is 5.32 Å². The van der Waals surface area contributed by atoms with E-state index < -0.39 is 0 Å². The van der Waals surface area contributed by atoms with E-state index >= 15 is 0 Å². The molecule has 0 spiro atoms. The van der Waals surface area contributed by atoms with Gasteiger partial charge in [-0.05, 0) is 37.2 Å². The second-order valence-corrected chi connectivity index (χ2v) is 4.53. The highest BCUT2D eigenvalue weighted by atomic mass is 35.5. The topological polar surface area (TPSA) is 29.9 Å². The summed E-state index contributed by atoms with van der Waals surface area (Å²) in [5.74, 6) is 0. The summed E-state index contributed by atoms with van der Waals surface area (Å²) in [6.07, 6.45) is 1.79. The molecule has 2 aromatic rings. The lowest BCUT2D eigenvalue weighted by Gasteiger charge is -2.18. The number of rotatable bonds is 3. The van der Waals surface area contributed by atoms with Crippen LogP contribution in [-0.2, 0) is 7.05 Å². The van der Waals surface area contributed by atoms with E-state index in [4.69, 9.17) is 11.6 Å². The van der Waals surface area contributed by atoms with E-state index in [9.17, 15) is 0 Å². The van der Waals surface area contributed by atoms with Crippen LogP contribution in [0.5, 0.6) is 0 Å². The van der Waals surface area contributed by atoms with Gasteiger partial charge in [0.2, 0.25) is 0 Å². The highest BCUT2D eigenvalue weighted by Gasteiger charge is 2.17. The third-order valence-electron chi connectivity index (χ3n) is 2.91. The quantitative estimate of drug-likeness (QED) is 0.907. The maximum Gasteiger partial charge on any atom is 0.0760 e. The monoisotopic (exact) mass is 249 g/mol. The predicted octanol–water partition coefficient (Wildman–Crippen LogP) is 2.69. The highest BCUT2D eigenvalue weighted by molar-refractivity contribution is 6.31. The van der Waals surface area contributed by atoms with Crippen molar-refractivity contribution in [2.75, 3.05) is 7.05 Å². The van der Waals surface area contributed by atoms with E-state index in [0.29, 0.717) is 0 Å². The number of aryl methyl sites for hydroxylation is 2. The Morgan fingerprint density at radius 2 is 2.12 bits per heavy atom. The van der Waals surface area contributed by atoms with Gasteiger partial charge in [-0.25, -0.2) is 0 Å². The Kier molecular flexibility index (Phi) is 3.50. The molecule has 0 fully saturated rings. The summed E-state index contributed by atoms with van der Waals surface area (Å²) in [4.78, 5) is 0. The maximum absolute atomic E-state index is 6.30. The number of hydrogen-bond acceptors (Lipinski definition) is 2. The molecule has 0 amide bonds. The van der Waals surface area contributed by atoms with Crippen molar-refractivity contribution in [1.29, 1.82) is 0 Å². The van der Waals surface area contributed by atoms with E-state index in [1.807, 2.05) is 37.8 Å². The van der Waals surface area contributed by atoms with Crippen molar-refractivity contribution in [1.82, 2.24) is 15.1 Å². The lowest BCUT2D eigenvalue weighted by molar-refractivity contribution is 0.606. The Bertz CT molecular complexity index is 519. The first kappa shape index (κ1) is 12.1. The molecular formula is C13H16ClN3. The third kappa shape index (κ3) is 2.35. The van der Waals surface area contributed by atoms with E-state index in [2.05, 4.69) is 22.5 Å². The normalized spacial score (nSPS) is 12.7. The van der Waals surface area contributed by atoms with Crippen LogP contribution in [0.2, 0.25) is 5.02 Å². The Morgan fingerprint density at radius 1 is 1.35 bits per heavy atom. The molecule has 1 atom stereocenters. The van der Waals surface area contributed by atoms with Gasteiger partial charge in [-0.3, -0.25) is 4.68 Å². The van der Waals surface area contributed by atoms with Crippen LogP contribution >= 0.6 is 11.6 Å². The second kappa shape index (κ2) is 4.90. The Morgan fingerprint density at radius 3 is 2.65 bits per heavy atom. The van der Waals surface area contributed by atoms with E-state index in [1.165, 1.54) is 5.56 Å². The molecule has 0 aliphatic heterocycles. The minimum atomic E-state index is 0.0654. The number of aromatic nitrogens is 2. The number of benzene rings is 1. The van der Waals surface area contributed by atoms with Gasteiger partial charge in [0.1, 0.15) is 0 Å². The van der Waals surface area contributed by atoms with Crippen LogP contribution in [0.3, 0.4) is 0 Å². The van der Waals surface area contributed by atoms with Crippen LogP contribution < -0.4 is 5.32 Å². The van der Waals surface area contributed by atoms with E-state index in [1.54, 1.807) is 6.20 Å². The van der Waals surface area contributed by atoms with Crippen molar-refractivity contribution in [3.05, 3.63) is 52.3 Å². The zero-order chi connectivity index (χ0) is 12.4. The molecular weight excluding hydrogens is 234 g/mol. The molecule has 1 unspecified atom stereocenters. The molecule has 4 heteroatoms. The van der Waals surface area contributed by atoms with Crippen molar-refractivity contribution in [2.24, 2.45) is 7.05 Å². The first-order valence-corrected chi connectivity index (χ1v) is 5.92. The number of halogens is 1. The van der Waals surface area contributed by atoms with Crippen LogP contribution in [0, 0.1) is 6.92 Å². The van der Waals surface area contributed by atoms with Crippen molar-refractivity contribution in [3.8, 4) is 0 Å². The van der Waals surface area contributed by atoms with Gasteiger partial charge in [0, 0.05) is 18.3 Å². The molecule has 0 bridgehead atoms. The predicted molar refractivity (Wildman–Crippen MR) is 70.3 cm³/mol. The fraction of sp³-hybridized carbons (Fsp3) is 0.308. The van der Waals surface area contributed by atoms with Crippen molar-refractivity contribution >= 4 is 11.6 Å². The molecule has 1 aromatic carbocycles. The van der Waals surface area contributed by atoms with Crippen LogP contribution in [0.4, 0.5) is 0 Å². The molecule has 0 aliphatic carbocycles. The Hall–Kier alpha value is -1.32. The third-order valence-corrected chi connectivity index (χ3v) is 3.24. The Labute approximate surface area is 106 Å². The zero-order valence-corrected chi connectivity index (χ0v) is 11.0. The molecule has 1 aromatic heterocycles. The van der Waals surface area contributed by atoms with Gasteiger partial charge in [-0.1, -0.05) is 23.7 Å². The first-order valence-electron chi connectivity index (χ1n) is 5.54. The van der Waals surface area contributed by atoms with Crippen LogP contribution in [-0.4, -0.2) is 16.8 Å². The van der Waals surface area contributed by atoms with Crippen LogP contribution in [0.15, 0.2) is 30.5 Å². The summed E-state index contributed by atoms with van der Waals surface area (Å²) in [6, 6.07) is 8.18. The van der Waals surface area contributed by atoms with Crippen molar-refractivity contribution < 1.29 is 0 Å². The molecule has 2 rings (SSSR count). The zero-order valence-electron chi connectivity index (χ0n) is 10.2. The lowest BCUT2D eigenvalue weighted by atomic mass is 10.0. The number of hydrogen-bond donors (Lipinski definition) is 1. The SMILES string of the molecule is CNC(c1ccc(C)cc1Cl)c1ccnn1C. The van der Waals surface area contributed by atoms with Gasteiger partial charge in [0.25, 0.3) is 0 Å².